The first-order valence-corrected chi connectivity index (χ1v) is 14.8. The molecule has 5 aromatic carbocycles. The number of ether oxygens (including phenoxy) is 2. The van der Waals surface area contributed by atoms with E-state index in [9.17, 15) is 30.7 Å². The zero-order valence-electron chi connectivity index (χ0n) is 25.7. The van der Waals surface area contributed by atoms with Crippen LogP contribution in [-0.2, 0) is 12.5 Å². The van der Waals surface area contributed by atoms with Gasteiger partial charge in [-0.15, -0.1) is 0 Å². The van der Waals surface area contributed by atoms with Crippen molar-refractivity contribution in [1.29, 1.82) is 0 Å². The van der Waals surface area contributed by atoms with Crippen molar-refractivity contribution >= 4 is 10.8 Å². The number of methoxy groups -OCH3 is 1. The van der Waals surface area contributed by atoms with Crippen LogP contribution in [0.5, 0.6) is 11.5 Å². The van der Waals surface area contributed by atoms with Gasteiger partial charge in [0.15, 0.2) is 17.5 Å². The molecule has 0 saturated carbocycles. The van der Waals surface area contributed by atoms with E-state index in [1.54, 1.807) is 6.07 Å². The molecule has 0 spiro atoms. The van der Waals surface area contributed by atoms with E-state index < -0.39 is 85.9 Å². The van der Waals surface area contributed by atoms with Crippen LogP contribution in [0.3, 0.4) is 0 Å². The van der Waals surface area contributed by atoms with Crippen LogP contribution < -0.4 is 9.47 Å². The van der Waals surface area contributed by atoms with E-state index >= 15 is 13.2 Å². The maximum atomic E-state index is 15.1. The highest BCUT2D eigenvalue weighted by Crippen LogP contribution is 2.38. The van der Waals surface area contributed by atoms with E-state index in [0.717, 1.165) is 37.5 Å². The number of halogens is 10. The van der Waals surface area contributed by atoms with Crippen LogP contribution in [0, 0.1) is 58.4 Å². The number of unbranched alkanes of at least 4 members (excludes halogenated alkanes) is 2. The SMILES string of the molecule is CCCCCc1cc(F)c(C#Cc2cc(F)c(C(F)(F)Oc3ccc(-c4cc(F)c5c(F)c(F)c(F)cc5c4)c(F)c3)c(F)c2)c(OC)c1. The summed E-state index contributed by atoms with van der Waals surface area (Å²) in [5.74, 6) is -8.28. The fraction of sp³-hybridized carbons (Fsp3) is 0.189. The van der Waals surface area contributed by atoms with E-state index in [1.165, 1.54) is 13.2 Å². The molecule has 0 heterocycles. The normalized spacial score (nSPS) is 11.4. The summed E-state index contributed by atoms with van der Waals surface area (Å²) in [6.45, 7) is 2.02. The molecular weight excluding hydrogens is 666 g/mol. The van der Waals surface area contributed by atoms with E-state index in [2.05, 4.69) is 16.6 Å². The second-order valence-corrected chi connectivity index (χ2v) is 11.0. The van der Waals surface area contributed by atoms with Gasteiger partial charge in [0, 0.05) is 17.2 Å². The number of alkyl halides is 2. The van der Waals surface area contributed by atoms with E-state index in [4.69, 9.17) is 4.74 Å². The Labute approximate surface area is 273 Å². The second-order valence-electron chi connectivity index (χ2n) is 11.0. The molecule has 0 N–H and O–H groups in total. The van der Waals surface area contributed by atoms with Crippen molar-refractivity contribution < 1.29 is 53.4 Å². The summed E-state index contributed by atoms with van der Waals surface area (Å²) in [7, 11) is 1.29. The maximum absolute atomic E-state index is 15.1. The third-order valence-corrected chi connectivity index (χ3v) is 7.59. The van der Waals surface area contributed by atoms with Gasteiger partial charge in [0.05, 0.1) is 12.5 Å². The molecule has 2 nitrogen and oxygen atoms in total. The smallest absolute Gasteiger partial charge is 0.432 e. The van der Waals surface area contributed by atoms with Crippen LogP contribution in [0.25, 0.3) is 21.9 Å². The molecule has 0 radical (unpaired) electrons. The molecule has 0 fully saturated rings. The van der Waals surface area contributed by atoms with Crippen LogP contribution in [0.2, 0.25) is 0 Å². The van der Waals surface area contributed by atoms with Crippen LogP contribution in [-0.4, -0.2) is 7.11 Å². The molecule has 49 heavy (non-hydrogen) atoms. The molecule has 0 unspecified atom stereocenters. The number of benzene rings is 5. The van der Waals surface area contributed by atoms with Gasteiger partial charge >= 0.3 is 6.11 Å². The van der Waals surface area contributed by atoms with Crippen molar-refractivity contribution in [3.05, 3.63) is 129 Å². The number of hydrogen-bond donors (Lipinski definition) is 0. The zero-order chi connectivity index (χ0) is 35.6. The summed E-state index contributed by atoms with van der Waals surface area (Å²) in [4.78, 5) is 0. The molecule has 0 aromatic heterocycles. The number of rotatable bonds is 9. The maximum Gasteiger partial charge on any atom is 0.432 e. The lowest BCUT2D eigenvalue weighted by Crippen LogP contribution is -2.25. The molecule has 0 saturated heterocycles. The molecule has 5 rings (SSSR count). The molecular formula is C37H24F10O2. The predicted molar refractivity (Wildman–Crippen MR) is 162 cm³/mol. The second kappa shape index (κ2) is 14.1. The fourth-order valence-electron chi connectivity index (χ4n) is 5.23. The Morgan fingerprint density at radius 1 is 0.673 bits per heavy atom. The van der Waals surface area contributed by atoms with Crippen LogP contribution in [0.15, 0.2) is 60.7 Å². The molecule has 0 aliphatic heterocycles. The van der Waals surface area contributed by atoms with Gasteiger partial charge in [-0.25, -0.2) is 35.1 Å². The zero-order valence-corrected chi connectivity index (χ0v) is 25.7. The summed E-state index contributed by atoms with van der Waals surface area (Å²) in [5.41, 5.74) is -2.49. The summed E-state index contributed by atoms with van der Waals surface area (Å²) in [5, 5.41) is -1.33. The molecule has 0 atom stereocenters. The average molecular weight is 691 g/mol. The standard InChI is InChI=1S/C37H24F10O2/c1-3-4-5-6-19-11-26(38)25(32(14-19)48-2)9-7-20-12-29(41)34(30(42)13-20)37(46,47)49-23-8-10-24(27(39)18-23)21-15-22-17-31(43)35(44)36(45)33(22)28(40)16-21/h8,10-18H,3-6H2,1-2H3. The number of fused-ring (bicyclic) bond motifs is 1. The van der Waals surface area contributed by atoms with Gasteiger partial charge in [-0.3, -0.25) is 0 Å². The topological polar surface area (TPSA) is 18.5 Å². The number of hydrogen-bond acceptors (Lipinski definition) is 2. The quantitative estimate of drug-likeness (QED) is 0.0664. The lowest BCUT2D eigenvalue weighted by molar-refractivity contribution is -0.189. The van der Waals surface area contributed by atoms with Crippen molar-refractivity contribution in [2.24, 2.45) is 0 Å². The predicted octanol–water partition coefficient (Wildman–Crippen LogP) is 10.9. The molecule has 0 bridgehead atoms. The van der Waals surface area contributed by atoms with Gasteiger partial charge in [0.25, 0.3) is 0 Å². The Bertz CT molecular complexity index is 2110. The minimum absolute atomic E-state index is 0.0821. The molecule has 12 heteroatoms. The van der Waals surface area contributed by atoms with Crippen molar-refractivity contribution in [2.45, 2.75) is 38.7 Å². The highest BCUT2D eigenvalue weighted by molar-refractivity contribution is 5.88. The van der Waals surface area contributed by atoms with Crippen LogP contribution >= 0.6 is 0 Å². The molecule has 0 amide bonds. The Balaban J connectivity index is 1.39. The Hall–Kier alpha value is -5.18. The van der Waals surface area contributed by atoms with Crippen molar-refractivity contribution in [3.8, 4) is 34.5 Å². The largest absolute Gasteiger partial charge is 0.495 e. The summed E-state index contributed by atoms with van der Waals surface area (Å²) in [6, 6.07) is 7.96. The van der Waals surface area contributed by atoms with Crippen LogP contribution in [0.1, 0.15) is 48.4 Å². The fourth-order valence-corrected chi connectivity index (χ4v) is 5.23. The van der Waals surface area contributed by atoms with Gasteiger partial charge in [0.2, 0.25) is 0 Å². The summed E-state index contributed by atoms with van der Waals surface area (Å²) >= 11 is 0. The van der Waals surface area contributed by atoms with E-state index in [-0.39, 0.29) is 16.9 Å². The Morgan fingerprint density at radius 2 is 1.39 bits per heavy atom. The van der Waals surface area contributed by atoms with E-state index in [0.29, 0.717) is 42.3 Å². The van der Waals surface area contributed by atoms with Crippen molar-refractivity contribution in [1.82, 2.24) is 0 Å². The minimum Gasteiger partial charge on any atom is -0.495 e. The van der Waals surface area contributed by atoms with Gasteiger partial charge < -0.3 is 9.47 Å². The summed E-state index contributed by atoms with van der Waals surface area (Å²) in [6.07, 6.45) is -1.36. The lowest BCUT2D eigenvalue weighted by Gasteiger charge is -2.20. The third-order valence-electron chi connectivity index (χ3n) is 7.59. The first-order chi connectivity index (χ1) is 23.2. The third kappa shape index (κ3) is 7.31. The first-order valence-electron chi connectivity index (χ1n) is 14.8. The van der Waals surface area contributed by atoms with Gasteiger partial charge in [0.1, 0.15) is 51.7 Å². The van der Waals surface area contributed by atoms with Gasteiger partial charge in [-0.05, 0) is 84.0 Å². The Morgan fingerprint density at radius 3 is 2.04 bits per heavy atom. The highest BCUT2D eigenvalue weighted by Gasteiger charge is 2.41. The van der Waals surface area contributed by atoms with Crippen LogP contribution in [0.4, 0.5) is 43.9 Å². The highest BCUT2D eigenvalue weighted by atomic mass is 19.3. The Kier molecular flexibility index (Phi) is 10.1. The average Bonchev–Trinajstić information content (AvgIpc) is 3.02. The van der Waals surface area contributed by atoms with Crippen molar-refractivity contribution in [3.63, 3.8) is 0 Å². The van der Waals surface area contributed by atoms with Gasteiger partial charge in [-0.2, -0.15) is 8.78 Å². The molecule has 254 valence electrons. The lowest BCUT2D eigenvalue weighted by atomic mass is 9.99. The van der Waals surface area contributed by atoms with Crippen molar-refractivity contribution in [2.75, 3.05) is 7.11 Å². The molecule has 5 aromatic rings. The molecule has 0 aliphatic rings. The number of aryl methyl sites for hydroxylation is 1. The summed E-state index contributed by atoms with van der Waals surface area (Å²) < 4.78 is 155. The first kappa shape index (κ1) is 35.1. The monoisotopic (exact) mass is 690 g/mol. The minimum atomic E-state index is -4.69. The molecule has 0 aliphatic carbocycles. The van der Waals surface area contributed by atoms with Gasteiger partial charge in [-0.1, -0.05) is 31.6 Å². The van der Waals surface area contributed by atoms with E-state index in [1.807, 2.05) is 6.92 Å².